The number of hydrogen-bond donors (Lipinski definition) is 2. The number of piperidine rings is 1. The first kappa shape index (κ1) is 18.9. The summed E-state index contributed by atoms with van der Waals surface area (Å²) in [7, 11) is 0. The minimum Gasteiger partial charge on any atom is -0.384 e. The molecule has 2 amide bonds. The van der Waals surface area contributed by atoms with Crippen LogP contribution in [0.1, 0.15) is 24.8 Å². The predicted molar refractivity (Wildman–Crippen MR) is 106 cm³/mol. The van der Waals surface area contributed by atoms with Gasteiger partial charge >= 0.3 is 0 Å². The number of rotatable bonds is 6. The van der Waals surface area contributed by atoms with Crippen LogP contribution in [0, 0.1) is 23.7 Å². The second-order valence-corrected chi connectivity index (χ2v) is 8.05. The zero-order valence-electron chi connectivity index (χ0n) is 16.0. The molecule has 4 rings (SSSR count). The molecule has 0 aromatic carbocycles. The van der Waals surface area contributed by atoms with Crippen molar-refractivity contribution in [1.29, 1.82) is 0 Å². The van der Waals surface area contributed by atoms with Crippen LogP contribution in [-0.2, 0) is 14.3 Å². The summed E-state index contributed by atoms with van der Waals surface area (Å²) in [6.07, 6.45) is 7.60. The number of likely N-dealkylation sites (tertiary alicyclic amines) is 1. The molecule has 0 bridgehead atoms. The number of carbonyl (C=O) groups excluding carboxylic acids is 2. The number of pyridine rings is 1. The van der Waals surface area contributed by atoms with Crippen LogP contribution in [0.5, 0.6) is 0 Å². The SMILES string of the molecule is Nc1ccc(/C=C/C(=O)NCCC2C3CN(C(=O)C4CCOCC4)CC23)cn1. The average molecular weight is 384 g/mol. The van der Waals surface area contributed by atoms with E-state index in [1.807, 2.05) is 6.07 Å². The standard InChI is InChI=1S/C21H28N4O3/c22-19-3-1-14(11-24-19)2-4-20(26)23-8-5-16-17-12-25(13-18(16)17)21(27)15-6-9-28-10-7-15/h1-4,11,15-18H,5-10,12-13H2,(H2,22,24)(H,23,26)/b4-2+. The lowest BCUT2D eigenvalue weighted by Crippen LogP contribution is -2.38. The number of anilines is 1. The van der Waals surface area contributed by atoms with E-state index in [4.69, 9.17) is 10.5 Å². The van der Waals surface area contributed by atoms with E-state index in [1.165, 1.54) is 6.08 Å². The number of hydrogen-bond acceptors (Lipinski definition) is 5. The lowest BCUT2D eigenvalue weighted by molar-refractivity contribution is -0.138. The molecule has 7 nitrogen and oxygen atoms in total. The fraction of sp³-hybridized carbons (Fsp3) is 0.571. The van der Waals surface area contributed by atoms with Gasteiger partial charge < -0.3 is 20.7 Å². The normalized spacial score (nSPS) is 27.0. The van der Waals surface area contributed by atoms with E-state index in [0.29, 0.717) is 49.2 Å². The largest absolute Gasteiger partial charge is 0.384 e. The van der Waals surface area contributed by atoms with Crippen LogP contribution in [0.2, 0.25) is 0 Å². The van der Waals surface area contributed by atoms with Crippen molar-refractivity contribution in [2.24, 2.45) is 23.7 Å². The maximum atomic E-state index is 12.6. The molecule has 3 heterocycles. The molecule has 2 unspecified atom stereocenters. The third-order valence-electron chi connectivity index (χ3n) is 6.27. The highest BCUT2D eigenvalue weighted by molar-refractivity contribution is 5.91. The van der Waals surface area contributed by atoms with Crippen molar-refractivity contribution in [2.45, 2.75) is 19.3 Å². The number of ether oxygens (including phenoxy) is 1. The van der Waals surface area contributed by atoms with Gasteiger partial charge in [0.25, 0.3) is 0 Å². The third kappa shape index (κ3) is 4.35. The van der Waals surface area contributed by atoms with Gasteiger partial charge in [0.1, 0.15) is 5.82 Å². The average Bonchev–Trinajstić information content (AvgIpc) is 3.16. The zero-order valence-corrected chi connectivity index (χ0v) is 16.0. The first-order valence-electron chi connectivity index (χ1n) is 10.2. The Bertz CT molecular complexity index is 731. The van der Waals surface area contributed by atoms with Crippen LogP contribution in [0.4, 0.5) is 5.82 Å². The number of fused-ring (bicyclic) bond motifs is 1. The lowest BCUT2D eigenvalue weighted by atomic mass is 9.98. The van der Waals surface area contributed by atoms with Crippen LogP contribution < -0.4 is 11.1 Å². The predicted octanol–water partition coefficient (Wildman–Crippen LogP) is 1.31. The molecular weight excluding hydrogens is 356 g/mol. The van der Waals surface area contributed by atoms with Crippen molar-refractivity contribution >= 4 is 23.7 Å². The molecule has 0 spiro atoms. The van der Waals surface area contributed by atoms with Gasteiger partial charge in [-0.2, -0.15) is 0 Å². The Hall–Kier alpha value is -2.41. The van der Waals surface area contributed by atoms with Gasteiger partial charge in [-0.3, -0.25) is 9.59 Å². The molecule has 3 fully saturated rings. The number of carbonyl (C=O) groups is 2. The van der Waals surface area contributed by atoms with Gasteiger partial charge in [0.15, 0.2) is 0 Å². The summed E-state index contributed by atoms with van der Waals surface area (Å²) in [5, 5.41) is 2.95. The highest BCUT2D eigenvalue weighted by Gasteiger charge is 2.56. The smallest absolute Gasteiger partial charge is 0.244 e. The fourth-order valence-electron chi connectivity index (χ4n) is 4.57. The quantitative estimate of drug-likeness (QED) is 0.721. The molecule has 1 aromatic rings. The van der Waals surface area contributed by atoms with Gasteiger partial charge in [-0.25, -0.2) is 4.98 Å². The van der Waals surface area contributed by atoms with E-state index in [1.54, 1.807) is 18.3 Å². The number of amides is 2. The summed E-state index contributed by atoms with van der Waals surface area (Å²) in [6, 6.07) is 3.53. The number of nitrogens with zero attached hydrogens (tertiary/aromatic N) is 2. The summed E-state index contributed by atoms with van der Waals surface area (Å²) in [4.78, 5) is 30.6. The van der Waals surface area contributed by atoms with Gasteiger partial charge in [0, 0.05) is 51.0 Å². The summed E-state index contributed by atoms with van der Waals surface area (Å²) in [5.74, 6) is 2.74. The van der Waals surface area contributed by atoms with Gasteiger partial charge in [0.2, 0.25) is 11.8 Å². The Morgan fingerprint density at radius 2 is 2.00 bits per heavy atom. The molecule has 0 radical (unpaired) electrons. The maximum absolute atomic E-state index is 12.6. The molecule has 3 aliphatic rings. The highest BCUT2D eigenvalue weighted by atomic mass is 16.5. The zero-order chi connectivity index (χ0) is 19.5. The molecule has 7 heteroatoms. The Kier molecular flexibility index (Phi) is 5.62. The van der Waals surface area contributed by atoms with Gasteiger partial charge in [-0.1, -0.05) is 0 Å². The summed E-state index contributed by atoms with van der Waals surface area (Å²) < 4.78 is 5.35. The van der Waals surface area contributed by atoms with Crippen LogP contribution >= 0.6 is 0 Å². The second kappa shape index (κ2) is 8.31. The molecule has 3 N–H and O–H groups in total. The van der Waals surface area contributed by atoms with Crippen LogP contribution in [0.15, 0.2) is 24.4 Å². The lowest BCUT2D eigenvalue weighted by Gasteiger charge is -2.28. The molecular formula is C21H28N4O3. The summed E-state index contributed by atoms with van der Waals surface area (Å²) >= 11 is 0. The molecule has 2 atom stereocenters. The Labute approximate surface area is 165 Å². The summed E-state index contributed by atoms with van der Waals surface area (Å²) in [6.45, 7) is 3.88. The molecule has 1 aliphatic carbocycles. The summed E-state index contributed by atoms with van der Waals surface area (Å²) in [5.41, 5.74) is 6.39. The van der Waals surface area contributed by atoms with Gasteiger partial charge in [0.05, 0.1) is 0 Å². The first-order valence-corrected chi connectivity index (χ1v) is 10.2. The fourth-order valence-corrected chi connectivity index (χ4v) is 4.57. The highest BCUT2D eigenvalue weighted by Crippen LogP contribution is 2.53. The van der Waals surface area contributed by atoms with E-state index in [9.17, 15) is 9.59 Å². The van der Waals surface area contributed by atoms with Crippen molar-refractivity contribution in [3.05, 3.63) is 30.0 Å². The number of nitrogens with two attached hydrogens (primary N) is 1. The minimum absolute atomic E-state index is 0.0982. The van der Waals surface area contributed by atoms with Crippen LogP contribution in [-0.4, -0.2) is 54.5 Å². The van der Waals surface area contributed by atoms with E-state index in [-0.39, 0.29) is 11.8 Å². The van der Waals surface area contributed by atoms with Crippen molar-refractivity contribution in [2.75, 3.05) is 38.6 Å². The van der Waals surface area contributed by atoms with E-state index in [0.717, 1.165) is 37.9 Å². The van der Waals surface area contributed by atoms with Crippen molar-refractivity contribution in [3.63, 3.8) is 0 Å². The van der Waals surface area contributed by atoms with Crippen molar-refractivity contribution in [3.8, 4) is 0 Å². The van der Waals surface area contributed by atoms with E-state index < -0.39 is 0 Å². The number of nitrogens with one attached hydrogen (secondary N) is 1. The maximum Gasteiger partial charge on any atom is 0.244 e. The monoisotopic (exact) mass is 384 g/mol. The number of nitrogen functional groups attached to an aromatic ring is 1. The minimum atomic E-state index is -0.0982. The molecule has 150 valence electrons. The second-order valence-electron chi connectivity index (χ2n) is 8.05. The Morgan fingerprint density at radius 1 is 1.25 bits per heavy atom. The molecule has 1 saturated carbocycles. The molecule has 2 aliphatic heterocycles. The molecule has 1 aromatic heterocycles. The van der Waals surface area contributed by atoms with Gasteiger partial charge in [-0.05, 0) is 60.8 Å². The first-order chi connectivity index (χ1) is 13.6. The Balaban J connectivity index is 1.14. The van der Waals surface area contributed by atoms with Crippen LogP contribution in [0.25, 0.3) is 6.08 Å². The van der Waals surface area contributed by atoms with Gasteiger partial charge in [-0.15, -0.1) is 0 Å². The Morgan fingerprint density at radius 3 is 2.68 bits per heavy atom. The van der Waals surface area contributed by atoms with Crippen LogP contribution in [0.3, 0.4) is 0 Å². The van der Waals surface area contributed by atoms with E-state index in [2.05, 4.69) is 15.2 Å². The third-order valence-corrected chi connectivity index (χ3v) is 6.27. The van der Waals surface area contributed by atoms with E-state index >= 15 is 0 Å². The van der Waals surface area contributed by atoms with Crippen molar-refractivity contribution in [1.82, 2.24) is 15.2 Å². The number of aromatic nitrogens is 1. The topological polar surface area (TPSA) is 97.6 Å². The molecule has 2 saturated heterocycles. The molecule has 28 heavy (non-hydrogen) atoms. The van der Waals surface area contributed by atoms with Crippen molar-refractivity contribution < 1.29 is 14.3 Å².